The maximum absolute atomic E-state index is 13.3. The van der Waals surface area contributed by atoms with Crippen LogP contribution in [0.2, 0.25) is 0 Å². The van der Waals surface area contributed by atoms with E-state index >= 15 is 0 Å². The van der Waals surface area contributed by atoms with Crippen molar-refractivity contribution in [3.63, 3.8) is 0 Å². The van der Waals surface area contributed by atoms with Crippen molar-refractivity contribution in [2.24, 2.45) is 5.92 Å². The summed E-state index contributed by atoms with van der Waals surface area (Å²) in [5.41, 5.74) is -0.294. The van der Waals surface area contributed by atoms with Crippen molar-refractivity contribution in [2.75, 3.05) is 23.4 Å². The number of rotatable bonds is 8. The van der Waals surface area contributed by atoms with Gasteiger partial charge in [0.05, 0.1) is 17.0 Å². The van der Waals surface area contributed by atoms with Crippen molar-refractivity contribution in [3.8, 4) is 5.75 Å². The highest BCUT2D eigenvalue weighted by Crippen LogP contribution is 2.35. The number of benzene rings is 1. The van der Waals surface area contributed by atoms with Crippen LogP contribution in [0.25, 0.3) is 21.9 Å². The first-order chi connectivity index (χ1) is 21.8. The summed E-state index contributed by atoms with van der Waals surface area (Å²) in [5.74, 6) is 2.45. The monoisotopic (exact) mass is 630 g/mol. The molecule has 244 valence electrons. The maximum Gasteiger partial charge on any atom is 0.425 e. The molecule has 4 heterocycles. The van der Waals surface area contributed by atoms with Crippen molar-refractivity contribution in [3.05, 3.63) is 48.9 Å². The van der Waals surface area contributed by atoms with E-state index in [-0.39, 0.29) is 18.1 Å². The lowest BCUT2D eigenvalue weighted by Crippen LogP contribution is -2.44. The Morgan fingerprint density at radius 3 is 2.37 bits per heavy atom. The lowest BCUT2D eigenvalue weighted by atomic mass is 10.2. The third-order valence-electron chi connectivity index (χ3n) is 7.62. The smallest absolute Gasteiger partial charge is 0.425 e. The molecule has 12 nitrogen and oxygen atoms in total. The molecule has 46 heavy (non-hydrogen) atoms. The molecule has 0 bridgehead atoms. The third-order valence-corrected chi connectivity index (χ3v) is 7.62. The zero-order valence-corrected chi connectivity index (χ0v) is 27.3. The minimum atomic E-state index is -0.890. The zero-order valence-electron chi connectivity index (χ0n) is 27.3. The highest BCUT2D eigenvalue weighted by molar-refractivity contribution is 6.13. The molecule has 2 atom stereocenters. The first-order valence-corrected chi connectivity index (χ1v) is 15.8. The van der Waals surface area contributed by atoms with Gasteiger partial charge in [-0.3, -0.25) is 0 Å². The van der Waals surface area contributed by atoms with E-state index in [1.807, 2.05) is 35.0 Å². The van der Waals surface area contributed by atoms with Gasteiger partial charge in [-0.15, -0.1) is 0 Å². The molecule has 1 aliphatic carbocycles. The van der Waals surface area contributed by atoms with Crippen molar-refractivity contribution < 1.29 is 28.5 Å². The minimum absolute atomic E-state index is 0.0703. The van der Waals surface area contributed by atoms with Crippen LogP contribution in [-0.2, 0) is 14.2 Å². The number of pyridine rings is 1. The molecule has 6 rings (SSSR count). The summed E-state index contributed by atoms with van der Waals surface area (Å²) < 4.78 is 25.5. The van der Waals surface area contributed by atoms with E-state index in [9.17, 15) is 9.59 Å². The highest BCUT2D eigenvalue weighted by atomic mass is 16.6. The Hall–Kier alpha value is -4.45. The lowest BCUT2D eigenvalue weighted by Gasteiger charge is -2.28. The molecule has 2 unspecified atom stereocenters. The number of carbonyl (C=O) groups is 2. The predicted molar refractivity (Wildman–Crippen MR) is 174 cm³/mol. The number of aromatic nitrogens is 4. The number of imide groups is 1. The number of hydrogen-bond donors (Lipinski definition) is 1. The third kappa shape index (κ3) is 7.50. The number of fused-ring (bicyclic) bond motifs is 2. The molecule has 3 aromatic heterocycles. The zero-order chi connectivity index (χ0) is 32.6. The fourth-order valence-electron chi connectivity index (χ4n) is 5.29. The van der Waals surface area contributed by atoms with Crippen LogP contribution < -0.4 is 15.0 Å². The number of hydrogen-bond acceptors (Lipinski definition) is 10. The summed E-state index contributed by atoms with van der Waals surface area (Å²) in [5, 5.41) is 4.97. The number of amides is 2. The summed E-state index contributed by atoms with van der Waals surface area (Å²) in [6, 6.07) is 11.8. The van der Waals surface area contributed by atoms with Gasteiger partial charge in [0.15, 0.2) is 5.82 Å². The summed E-state index contributed by atoms with van der Waals surface area (Å²) in [4.78, 5) is 40.9. The van der Waals surface area contributed by atoms with Gasteiger partial charge in [0.2, 0.25) is 0 Å². The van der Waals surface area contributed by atoms with Crippen molar-refractivity contribution in [1.29, 1.82) is 0 Å². The molecule has 1 saturated carbocycles. The Morgan fingerprint density at radius 1 is 0.957 bits per heavy atom. The molecule has 1 saturated heterocycles. The van der Waals surface area contributed by atoms with Crippen molar-refractivity contribution in [2.45, 2.75) is 90.8 Å². The van der Waals surface area contributed by atoms with E-state index in [2.05, 4.69) is 21.4 Å². The molecule has 1 aromatic carbocycles. The van der Waals surface area contributed by atoms with E-state index in [0.717, 1.165) is 52.7 Å². The Balaban J connectivity index is 1.15. The largest absolute Gasteiger partial charge is 0.491 e. The molecule has 1 aliphatic heterocycles. The fourth-order valence-corrected chi connectivity index (χ4v) is 5.29. The van der Waals surface area contributed by atoms with Crippen LogP contribution in [0.4, 0.5) is 21.2 Å². The molecule has 1 N–H and O–H groups in total. The van der Waals surface area contributed by atoms with Crippen LogP contribution in [-0.4, -0.2) is 62.2 Å². The molecule has 12 heteroatoms. The van der Waals surface area contributed by atoms with E-state index in [1.54, 1.807) is 47.6 Å². The number of nitrogens with zero attached hydrogens (tertiary/aromatic N) is 5. The van der Waals surface area contributed by atoms with Crippen LogP contribution in [0.15, 0.2) is 48.9 Å². The lowest BCUT2D eigenvalue weighted by molar-refractivity contribution is -0.0156. The number of anilines is 2. The highest BCUT2D eigenvalue weighted by Gasteiger charge is 2.36. The van der Waals surface area contributed by atoms with Gasteiger partial charge in [0, 0.05) is 24.2 Å². The number of carbonyl (C=O) groups excluding carboxylic acids is 2. The van der Waals surface area contributed by atoms with Gasteiger partial charge in [0.1, 0.15) is 47.6 Å². The second-order valence-corrected chi connectivity index (χ2v) is 13.9. The number of nitrogens with one attached hydrogen (secondary N) is 1. The molecular formula is C34H42N6O6. The molecule has 0 radical (unpaired) electrons. The minimum Gasteiger partial charge on any atom is -0.491 e. The summed E-state index contributed by atoms with van der Waals surface area (Å²) in [7, 11) is 0. The van der Waals surface area contributed by atoms with Crippen molar-refractivity contribution >= 4 is 45.8 Å². The molecule has 2 amide bonds. The Labute approximate surface area is 268 Å². The van der Waals surface area contributed by atoms with Gasteiger partial charge >= 0.3 is 12.2 Å². The van der Waals surface area contributed by atoms with Crippen LogP contribution in [0.1, 0.15) is 73.5 Å². The molecule has 0 spiro atoms. The van der Waals surface area contributed by atoms with Gasteiger partial charge in [0.25, 0.3) is 0 Å². The van der Waals surface area contributed by atoms with E-state index in [0.29, 0.717) is 17.6 Å². The summed E-state index contributed by atoms with van der Waals surface area (Å²) >= 11 is 0. The van der Waals surface area contributed by atoms with Crippen molar-refractivity contribution in [1.82, 2.24) is 19.5 Å². The average molecular weight is 631 g/mol. The van der Waals surface area contributed by atoms with E-state index in [4.69, 9.17) is 23.9 Å². The van der Waals surface area contributed by atoms with Crippen LogP contribution in [0.5, 0.6) is 5.75 Å². The van der Waals surface area contributed by atoms with Gasteiger partial charge < -0.3 is 28.8 Å². The average Bonchev–Trinajstić information content (AvgIpc) is 3.51. The van der Waals surface area contributed by atoms with E-state index in [1.165, 1.54) is 19.2 Å². The Kier molecular flexibility index (Phi) is 8.49. The topological polar surface area (TPSA) is 130 Å². The van der Waals surface area contributed by atoms with E-state index < -0.39 is 23.4 Å². The summed E-state index contributed by atoms with van der Waals surface area (Å²) in [6.07, 6.45) is 4.99. The SMILES string of the molecule is CC(C)(C)OC(=O)N(C(=O)OC(C)(C)C)c1ncnc2c1ccn2C1CCC(COc2ccc3ccc(NCC4CC4)nc3c2)O1. The van der Waals surface area contributed by atoms with Crippen LogP contribution >= 0.6 is 0 Å². The van der Waals surface area contributed by atoms with Gasteiger partial charge in [-0.2, -0.15) is 4.90 Å². The van der Waals surface area contributed by atoms with Gasteiger partial charge in [-0.1, -0.05) is 0 Å². The van der Waals surface area contributed by atoms with Crippen LogP contribution in [0, 0.1) is 5.92 Å². The van der Waals surface area contributed by atoms with Gasteiger partial charge in [-0.25, -0.2) is 24.5 Å². The molecule has 4 aromatic rings. The molecular weight excluding hydrogens is 588 g/mol. The normalized spacial score (nSPS) is 18.5. The second-order valence-electron chi connectivity index (χ2n) is 13.9. The Morgan fingerprint density at radius 2 is 1.67 bits per heavy atom. The maximum atomic E-state index is 13.3. The first-order valence-electron chi connectivity index (χ1n) is 15.8. The first kappa shape index (κ1) is 31.5. The molecule has 2 aliphatic rings. The summed E-state index contributed by atoms with van der Waals surface area (Å²) in [6.45, 7) is 11.7. The van der Waals surface area contributed by atoms with Gasteiger partial charge in [-0.05, 0) is 103 Å². The van der Waals surface area contributed by atoms with Crippen LogP contribution in [0.3, 0.4) is 0 Å². The second kappa shape index (κ2) is 12.4. The fraction of sp³-hybridized carbons (Fsp3) is 0.500. The number of ether oxygens (including phenoxy) is 4. The Bertz CT molecular complexity index is 1710. The molecule has 2 fully saturated rings. The quantitative estimate of drug-likeness (QED) is 0.213. The predicted octanol–water partition coefficient (Wildman–Crippen LogP) is 7.23. The standard InChI is InChI=1S/C34H42N6O6/c1-33(2,3)45-31(41)40(32(42)46-34(4,5)6)30-25-15-16-39(29(25)36-20-37-30)28-14-12-24(44-28)19-43-23-11-9-22-10-13-27(38-26(22)17-23)35-18-21-7-8-21/h9-11,13,15-17,20-21,24,28H,7-8,12,14,18-19H2,1-6H3,(H,35,38).